The number of carbonyl (C=O) groups is 2. The van der Waals surface area contributed by atoms with Crippen LogP contribution in [0.5, 0.6) is 0 Å². The van der Waals surface area contributed by atoms with Crippen LogP contribution in [0.4, 0.5) is 0 Å². The van der Waals surface area contributed by atoms with Gasteiger partial charge >= 0.3 is 0 Å². The lowest BCUT2D eigenvalue weighted by Crippen LogP contribution is -2.43. The first-order valence-corrected chi connectivity index (χ1v) is 7.28. The average molecular weight is 308 g/mol. The van der Waals surface area contributed by atoms with Crippen molar-refractivity contribution in [3.05, 3.63) is 41.7 Å². The SMILES string of the molecule is C=CC(=O)N1CCCC(CNC(=O)c2ccncc2Cl)C1. The van der Waals surface area contributed by atoms with Gasteiger partial charge in [-0.1, -0.05) is 18.2 Å². The normalized spacial score (nSPS) is 18.1. The predicted molar refractivity (Wildman–Crippen MR) is 81.1 cm³/mol. The van der Waals surface area contributed by atoms with Gasteiger partial charge in [-0.25, -0.2) is 0 Å². The highest BCUT2D eigenvalue weighted by Gasteiger charge is 2.22. The molecule has 112 valence electrons. The van der Waals surface area contributed by atoms with Gasteiger partial charge in [0.25, 0.3) is 5.91 Å². The molecule has 1 aliphatic heterocycles. The Morgan fingerprint density at radius 3 is 3.10 bits per heavy atom. The molecule has 6 heteroatoms. The number of nitrogens with zero attached hydrogens (tertiary/aromatic N) is 2. The molecule has 21 heavy (non-hydrogen) atoms. The first-order chi connectivity index (χ1) is 10.1. The van der Waals surface area contributed by atoms with E-state index in [4.69, 9.17) is 11.6 Å². The van der Waals surface area contributed by atoms with E-state index in [1.165, 1.54) is 18.5 Å². The third-order valence-electron chi connectivity index (χ3n) is 3.57. The van der Waals surface area contributed by atoms with E-state index in [2.05, 4.69) is 16.9 Å². The zero-order valence-electron chi connectivity index (χ0n) is 11.7. The van der Waals surface area contributed by atoms with Crippen molar-refractivity contribution in [2.24, 2.45) is 5.92 Å². The molecule has 1 fully saturated rings. The summed E-state index contributed by atoms with van der Waals surface area (Å²) in [7, 11) is 0. The van der Waals surface area contributed by atoms with Crippen LogP contribution in [0, 0.1) is 5.92 Å². The molecule has 2 heterocycles. The Labute approximate surface area is 129 Å². The summed E-state index contributed by atoms with van der Waals surface area (Å²) >= 11 is 5.94. The van der Waals surface area contributed by atoms with Crippen LogP contribution in [0.15, 0.2) is 31.1 Å². The fourth-order valence-corrected chi connectivity index (χ4v) is 2.66. The fourth-order valence-electron chi connectivity index (χ4n) is 2.45. The summed E-state index contributed by atoms with van der Waals surface area (Å²) in [4.78, 5) is 29.3. The molecule has 0 aromatic carbocycles. The maximum atomic E-state index is 12.1. The number of carbonyl (C=O) groups excluding carboxylic acids is 2. The zero-order valence-corrected chi connectivity index (χ0v) is 12.5. The molecule has 2 rings (SSSR count). The molecule has 1 N–H and O–H groups in total. The van der Waals surface area contributed by atoms with Gasteiger partial charge in [0.2, 0.25) is 5.91 Å². The van der Waals surface area contributed by atoms with Gasteiger partial charge in [0, 0.05) is 32.0 Å². The molecule has 5 nitrogen and oxygen atoms in total. The highest BCUT2D eigenvalue weighted by Crippen LogP contribution is 2.17. The quantitative estimate of drug-likeness (QED) is 0.864. The Kier molecular flexibility index (Phi) is 5.33. The molecule has 0 radical (unpaired) electrons. The van der Waals surface area contributed by atoms with E-state index in [0.29, 0.717) is 23.7 Å². The summed E-state index contributed by atoms with van der Waals surface area (Å²) in [5.74, 6) is -0.00927. The Morgan fingerprint density at radius 1 is 1.57 bits per heavy atom. The van der Waals surface area contributed by atoms with Crippen LogP contribution in [0.1, 0.15) is 23.2 Å². The lowest BCUT2D eigenvalue weighted by Gasteiger charge is -2.32. The van der Waals surface area contributed by atoms with E-state index >= 15 is 0 Å². The van der Waals surface area contributed by atoms with Crippen LogP contribution < -0.4 is 5.32 Å². The van der Waals surface area contributed by atoms with Gasteiger partial charge in [0.1, 0.15) is 0 Å². The number of likely N-dealkylation sites (tertiary alicyclic amines) is 1. The molecule has 1 unspecified atom stereocenters. The maximum absolute atomic E-state index is 12.1. The number of rotatable bonds is 4. The largest absolute Gasteiger partial charge is 0.352 e. The highest BCUT2D eigenvalue weighted by molar-refractivity contribution is 6.33. The van der Waals surface area contributed by atoms with E-state index in [0.717, 1.165) is 19.4 Å². The van der Waals surface area contributed by atoms with Crippen molar-refractivity contribution in [1.82, 2.24) is 15.2 Å². The molecule has 1 saturated heterocycles. The van der Waals surface area contributed by atoms with Gasteiger partial charge in [0.15, 0.2) is 0 Å². The van der Waals surface area contributed by atoms with Crippen LogP contribution in [-0.4, -0.2) is 41.3 Å². The minimum atomic E-state index is -0.213. The third-order valence-corrected chi connectivity index (χ3v) is 3.87. The smallest absolute Gasteiger partial charge is 0.252 e. The van der Waals surface area contributed by atoms with Gasteiger partial charge < -0.3 is 10.2 Å². The minimum absolute atomic E-state index is 0.0526. The summed E-state index contributed by atoms with van der Waals surface area (Å²) in [6.07, 6.45) is 6.24. The second-order valence-electron chi connectivity index (χ2n) is 5.06. The van der Waals surface area contributed by atoms with Crippen molar-refractivity contribution in [2.75, 3.05) is 19.6 Å². The van der Waals surface area contributed by atoms with Crippen molar-refractivity contribution in [3.63, 3.8) is 0 Å². The predicted octanol–water partition coefficient (Wildman–Crippen LogP) is 1.89. The number of hydrogen-bond acceptors (Lipinski definition) is 3. The summed E-state index contributed by atoms with van der Waals surface area (Å²) in [5.41, 5.74) is 0.418. The topological polar surface area (TPSA) is 62.3 Å². The molecule has 1 atom stereocenters. The monoisotopic (exact) mass is 307 g/mol. The number of aromatic nitrogens is 1. The number of piperidine rings is 1. The van der Waals surface area contributed by atoms with Gasteiger partial charge in [0.05, 0.1) is 10.6 Å². The van der Waals surface area contributed by atoms with Gasteiger partial charge in [-0.3, -0.25) is 14.6 Å². The summed E-state index contributed by atoms with van der Waals surface area (Å²) < 4.78 is 0. The number of nitrogens with one attached hydrogen (secondary N) is 1. The van der Waals surface area contributed by atoms with E-state index < -0.39 is 0 Å². The Morgan fingerprint density at radius 2 is 2.38 bits per heavy atom. The van der Waals surface area contributed by atoms with Crippen molar-refractivity contribution in [3.8, 4) is 0 Å². The minimum Gasteiger partial charge on any atom is -0.352 e. The fraction of sp³-hybridized carbons (Fsp3) is 0.400. The molecule has 1 aliphatic rings. The number of halogens is 1. The second-order valence-corrected chi connectivity index (χ2v) is 5.47. The number of hydrogen-bond donors (Lipinski definition) is 1. The van der Waals surface area contributed by atoms with E-state index in [1.54, 1.807) is 11.0 Å². The molecule has 1 aromatic rings. The zero-order chi connectivity index (χ0) is 15.2. The summed E-state index contributed by atoms with van der Waals surface area (Å²) in [6, 6.07) is 1.59. The van der Waals surface area contributed by atoms with Crippen LogP contribution in [0.2, 0.25) is 5.02 Å². The number of amides is 2. The van der Waals surface area contributed by atoms with Crippen molar-refractivity contribution in [1.29, 1.82) is 0 Å². The lowest BCUT2D eigenvalue weighted by atomic mass is 9.98. The molecule has 0 spiro atoms. The summed E-state index contributed by atoms with van der Waals surface area (Å²) in [5, 5.41) is 3.21. The second kappa shape index (κ2) is 7.22. The Bertz CT molecular complexity index is 547. The number of pyridine rings is 1. The van der Waals surface area contributed by atoms with E-state index in [9.17, 15) is 9.59 Å². The molecule has 1 aromatic heterocycles. The Balaban J connectivity index is 1.88. The van der Waals surface area contributed by atoms with E-state index in [1.807, 2.05) is 0 Å². The summed E-state index contributed by atoms with van der Waals surface area (Å²) in [6.45, 7) is 5.43. The standard InChI is InChI=1S/C15H18ClN3O2/c1-2-14(20)19-7-3-4-11(10-19)8-18-15(21)12-5-6-17-9-13(12)16/h2,5-6,9,11H,1,3-4,7-8,10H2,(H,18,21). The van der Waals surface area contributed by atoms with Gasteiger partial charge in [-0.2, -0.15) is 0 Å². The molecule has 0 bridgehead atoms. The van der Waals surface area contributed by atoms with Crippen LogP contribution >= 0.6 is 11.6 Å². The van der Waals surface area contributed by atoms with Gasteiger partial charge in [-0.05, 0) is 30.9 Å². The molecular weight excluding hydrogens is 290 g/mol. The van der Waals surface area contributed by atoms with Crippen molar-refractivity contribution >= 4 is 23.4 Å². The van der Waals surface area contributed by atoms with Crippen LogP contribution in [-0.2, 0) is 4.79 Å². The average Bonchev–Trinajstić information content (AvgIpc) is 2.52. The molecule has 2 amide bonds. The van der Waals surface area contributed by atoms with Crippen molar-refractivity contribution in [2.45, 2.75) is 12.8 Å². The Hall–Kier alpha value is -1.88. The van der Waals surface area contributed by atoms with Crippen LogP contribution in [0.3, 0.4) is 0 Å². The first-order valence-electron chi connectivity index (χ1n) is 6.91. The molecular formula is C15H18ClN3O2. The third kappa shape index (κ3) is 4.04. The van der Waals surface area contributed by atoms with E-state index in [-0.39, 0.29) is 17.7 Å². The molecule has 0 aliphatic carbocycles. The highest BCUT2D eigenvalue weighted by atomic mass is 35.5. The van der Waals surface area contributed by atoms with Crippen molar-refractivity contribution < 1.29 is 9.59 Å². The molecule has 0 saturated carbocycles. The first kappa shape index (κ1) is 15.5. The van der Waals surface area contributed by atoms with Crippen LogP contribution in [0.25, 0.3) is 0 Å². The van der Waals surface area contributed by atoms with Gasteiger partial charge in [-0.15, -0.1) is 0 Å². The maximum Gasteiger partial charge on any atom is 0.252 e. The lowest BCUT2D eigenvalue weighted by molar-refractivity contribution is -0.127.